The summed E-state index contributed by atoms with van der Waals surface area (Å²) in [5, 5.41) is 9.01. The van der Waals surface area contributed by atoms with Crippen molar-refractivity contribution in [3.63, 3.8) is 0 Å². The van der Waals surface area contributed by atoms with Gasteiger partial charge in [0, 0.05) is 0 Å². The molecule has 1 aromatic carbocycles. The van der Waals surface area contributed by atoms with Crippen molar-refractivity contribution in [1.82, 2.24) is 0 Å². The average molecular weight is 269 g/mol. The number of ether oxygens (including phenoxy) is 1. The summed E-state index contributed by atoms with van der Waals surface area (Å²) >= 11 is 0. The molecule has 5 heteroatoms. The van der Waals surface area contributed by atoms with Crippen LogP contribution in [0.5, 0.6) is 5.75 Å². The van der Waals surface area contributed by atoms with Crippen molar-refractivity contribution in [2.45, 2.75) is 38.6 Å². The molecule has 0 aliphatic heterocycles. The summed E-state index contributed by atoms with van der Waals surface area (Å²) in [4.78, 5) is 11.0. The van der Waals surface area contributed by atoms with Gasteiger partial charge in [0.2, 0.25) is 0 Å². The van der Waals surface area contributed by atoms with Crippen molar-refractivity contribution in [3.05, 3.63) is 29.6 Å². The maximum absolute atomic E-state index is 13.0. The van der Waals surface area contributed by atoms with Gasteiger partial charge < -0.3 is 15.6 Å². The molecule has 0 aromatic heterocycles. The number of hydrogen-bond donors (Lipinski definition) is 2. The molecule has 0 aliphatic carbocycles. The fraction of sp³-hybridized carbons (Fsp3) is 0.500. The molecule has 1 unspecified atom stereocenters. The van der Waals surface area contributed by atoms with Gasteiger partial charge in [-0.25, -0.2) is 4.39 Å². The summed E-state index contributed by atoms with van der Waals surface area (Å²) in [6, 6.07) is 4.51. The number of benzene rings is 1. The lowest BCUT2D eigenvalue weighted by atomic mass is 9.92. The number of halogens is 1. The lowest BCUT2D eigenvalue weighted by Crippen LogP contribution is -2.47. The van der Waals surface area contributed by atoms with Crippen LogP contribution in [-0.4, -0.2) is 23.2 Å². The Balaban J connectivity index is 2.42. The maximum atomic E-state index is 13.0. The Hall–Kier alpha value is -1.62. The van der Waals surface area contributed by atoms with Gasteiger partial charge in [-0.2, -0.15) is 0 Å². The maximum Gasteiger partial charge on any atom is 0.323 e. The van der Waals surface area contributed by atoms with E-state index in [-0.39, 0.29) is 5.82 Å². The first-order valence-corrected chi connectivity index (χ1v) is 6.30. The molecule has 0 amide bonds. The lowest BCUT2D eigenvalue weighted by Gasteiger charge is -2.22. The highest BCUT2D eigenvalue weighted by atomic mass is 19.1. The fourth-order valence-corrected chi connectivity index (χ4v) is 1.72. The van der Waals surface area contributed by atoms with Crippen LogP contribution in [0.15, 0.2) is 18.2 Å². The van der Waals surface area contributed by atoms with E-state index in [0.717, 1.165) is 0 Å². The highest BCUT2D eigenvalue weighted by Crippen LogP contribution is 2.18. The first-order chi connectivity index (χ1) is 8.89. The molecule has 1 aromatic rings. The normalized spacial score (nSPS) is 13.9. The molecule has 0 radical (unpaired) electrons. The van der Waals surface area contributed by atoms with Gasteiger partial charge in [0.1, 0.15) is 17.1 Å². The van der Waals surface area contributed by atoms with Gasteiger partial charge in [-0.1, -0.05) is 6.92 Å². The molecule has 3 N–H and O–H groups in total. The molecule has 0 heterocycles. The van der Waals surface area contributed by atoms with Crippen molar-refractivity contribution < 1.29 is 19.0 Å². The zero-order valence-corrected chi connectivity index (χ0v) is 11.3. The molecule has 0 saturated heterocycles. The Morgan fingerprint density at radius 2 is 2.21 bits per heavy atom. The third-order valence-corrected chi connectivity index (χ3v) is 3.22. The minimum absolute atomic E-state index is 0.273. The van der Waals surface area contributed by atoms with Crippen LogP contribution >= 0.6 is 0 Å². The Bertz CT molecular complexity index is 450. The first-order valence-electron chi connectivity index (χ1n) is 6.30. The van der Waals surface area contributed by atoms with Gasteiger partial charge in [-0.15, -0.1) is 0 Å². The molecular formula is C14H20FNO3. The van der Waals surface area contributed by atoms with Crippen molar-refractivity contribution in [2.75, 3.05) is 6.61 Å². The molecule has 1 rings (SSSR count). The van der Waals surface area contributed by atoms with Crippen LogP contribution in [0.3, 0.4) is 0 Å². The summed E-state index contributed by atoms with van der Waals surface area (Å²) < 4.78 is 18.5. The van der Waals surface area contributed by atoms with E-state index < -0.39 is 11.5 Å². The lowest BCUT2D eigenvalue weighted by molar-refractivity contribution is -0.143. The van der Waals surface area contributed by atoms with Crippen molar-refractivity contribution in [2.24, 2.45) is 5.73 Å². The predicted octanol–water partition coefficient (Wildman–Crippen LogP) is 2.49. The molecule has 1 atom stereocenters. The third-order valence-electron chi connectivity index (χ3n) is 3.22. The summed E-state index contributed by atoms with van der Waals surface area (Å²) in [5.41, 5.74) is 5.08. The minimum Gasteiger partial charge on any atom is -0.494 e. The molecular weight excluding hydrogens is 249 g/mol. The van der Waals surface area contributed by atoms with Crippen LogP contribution in [0.2, 0.25) is 0 Å². The number of rotatable bonds is 7. The van der Waals surface area contributed by atoms with Gasteiger partial charge in [0.05, 0.1) is 6.61 Å². The highest BCUT2D eigenvalue weighted by molar-refractivity contribution is 5.78. The Labute approximate surface area is 112 Å². The van der Waals surface area contributed by atoms with Gasteiger partial charge in [-0.05, 0) is 49.9 Å². The van der Waals surface area contributed by atoms with E-state index in [1.54, 1.807) is 26.0 Å². The summed E-state index contributed by atoms with van der Waals surface area (Å²) in [5.74, 6) is -0.689. The van der Waals surface area contributed by atoms with Crippen LogP contribution in [0.4, 0.5) is 4.39 Å². The highest BCUT2D eigenvalue weighted by Gasteiger charge is 2.30. The molecule has 106 valence electrons. The SMILES string of the molecule is CCC(N)(CCCOc1ccc(F)c(C)c1)C(=O)O. The van der Waals surface area contributed by atoms with Crippen LogP contribution in [0.25, 0.3) is 0 Å². The topological polar surface area (TPSA) is 72.5 Å². The summed E-state index contributed by atoms with van der Waals surface area (Å²) in [6.45, 7) is 3.77. The van der Waals surface area contributed by atoms with Crippen LogP contribution in [0, 0.1) is 12.7 Å². The molecule has 0 aliphatic rings. The number of nitrogens with two attached hydrogens (primary N) is 1. The third kappa shape index (κ3) is 4.21. The van der Waals surface area contributed by atoms with Crippen molar-refractivity contribution in [3.8, 4) is 5.75 Å². The number of carboxylic acids is 1. The van der Waals surface area contributed by atoms with Gasteiger partial charge >= 0.3 is 5.97 Å². The molecule has 19 heavy (non-hydrogen) atoms. The fourth-order valence-electron chi connectivity index (χ4n) is 1.72. The van der Waals surface area contributed by atoms with Crippen molar-refractivity contribution >= 4 is 5.97 Å². The molecule has 0 fully saturated rings. The second-order valence-corrected chi connectivity index (χ2v) is 4.68. The van der Waals surface area contributed by atoms with Crippen molar-refractivity contribution in [1.29, 1.82) is 0 Å². The zero-order valence-electron chi connectivity index (χ0n) is 11.3. The van der Waals surface area contributed by atoms with Gasteiger partial charge in [0.15, 0.2) is 0 Å². The second-order valence-electron chi connectivity index (χ2n) is 4.68. The monoisotopic (exact) mass is 269 g/mol. The van der Waals surface area contributed by atoms with Crippen LogP contribution in [-0.2, 0) is 4.79 Å². The number of hydrogen-bond acceptors (Lipinski definition) is 3. The molecule has 0 spiro atoms. The molecule has 0 bridgehead atoms. The van der Waals surface area contributed by atoms with Crippen LogP contribution < -0.4 is 10.5 Å². The molecule has 0 saturated carbocycles. The second kappa shape index (κ2) is 6.52. The van der Waals surface area contributed by atoms with Gasteiger partial charge in [0.25, 0.3) is 0 Å². The summed E-state index contributed by atoms with van der Waals surface area (Å²) in [6.07, 6.45) is 1.25. The van der Waals surface area contributed by atoms with E-state index in [9.17, 15) is 9.18 Å². The van der Waals surface area contributed by atoms with E-state index in [1.807, 2.05) is 0 Å². The average Bonchev–Trinajstić information content (AvgIpc) is 2.38. The van der Waals surface area contributed by atoms with E-state index in [4.69, 9.17) is 15.6 Å². The Morgan fingerprint density at radius 1 is 1.53 bits per heavy atom. The number of carboxylic acid groups (broad SMARTS) is 1. The smallest absolute Gasteiger partial charge is 0.323 e. The number of aryl methyl sites for hydroxylation is 1. The molecule has 4 nitrogen and oxygen atoms in total. The number of carbonyl (C=O) groups is 1. The first kappa shape index (κ1) is 15.4. The standard InChI is InChI=1S/C14H20FNO3/c1-3-14(16,13(17)18)7-4-8-19-11-5-6-12(15)10(2)9-11/h5-6,9H,3-4,7-8,16H2,1-2H3,(H,17,18). The van der Waals surface area contributed by atoms with E-state index in [1.165, 1.54) is 6.07 Å². The quantitative estimate of drug-likeness (QED) is 0.746. The predicted molar refractivity (Wildman–Crippen MR) is 70.7 cm³/mol. The summed E-state index contributed by atoms with van der Waals surface area (Å²) in [7, 11) is 0. The van der Waals surface area contributed by atoms with Gasteiger partial charge in [-0.3, -0.25) is 4.79 Å². The van der Waals surface area contributed by atoms with Crippen LogP contribution in [0.1, 0.15) is 31.7 Å². The van der Waals surface area contributed by atoms with E-state index >= 15 is 0 Å². The zero-order chi connectivity index (χ0) is 14.5. The minimum atomic E-state index is -1.19. The number of aliphatic carboxylic acids is 1. The Morgan fingerprint density at radius 3 is 2.74 bits per heavy atom. The van der Waals surface area contributed by atoms with E-state index in [0.29, 0.717) is 37.2 Å². The van der Waals surface area contributed by atoms with E-state index in [2.05, 4.69) is 0 Å². The Kier molecular flexibility index (Phi) is 5.30. The largest absolute Gasteiger partial charge is 0.494 e.